The Balaban J connectivity index is 1.55. The average Bonchev–Trinajstić information content (AvgIpc) is 3.77. The Morgan fingerprint density at radius 3 is 2.02 bits per heavy atom. The van der Waals surface area contributed by atoms with Gasteiger partial charge < -0.3 is 31.5 Å². The minimum atomic E-state index is -1.10. The number of hydrogen-bond donors (Lipinski definition) is 4. The molecule has 276 valence electrons. The summed E-state index contributed by atoms with van der Waals surface area (Å²) in [6, 6.07) is 2.96. The van der Waals surface area contributed by atoms with Gasteiger partial charge in [0.05, 0.1) is 12.1 Å². The van der Waals surface area contributed by atoms with Crippen LogP contribution in [0.5, 0.6) is 0 Å². The maximum absolute atomic E-state index is 14.4. The zero-order chi connectivity index (χ0) is 36.9. The van der Waals surface area contributed by atoms with Crippen LogP contribution in [0.2, 0.25) is 0 Å². The summed E-state index contributed by atoms with van der Waals surface area (Å²) in [6.07, 6.45) is 7.38. The van der Waals surface area contributed by atoms with E-state index in [1.54, 1.807) is 12.1 Å². The number of Topliss-reactive ketones (excluding diaryl/α,β-unsaturated/α-hetero) is 2. The molecule has 5 amide bonds. The molecule has 3 aliphatic rings. The molecule has 2 saturated carbocycles. The summed E-state index contributed by atoms with van der Waals surface area (Å²) in [5.74, 6) is -3.01. The van der Waals surface area contributed by atoms with E-state index in [1.165, 1.54) is 4.90 Å². The van der Waals surface area contributed by atoms with Crippen molar-refractivity contribution in [1.82, 2.24) is 20.9 Å². The number of hydrogen-bond acceptors (Lipinski definition) is 7. The Bertz CT molecular complexity index is 1410. The molecule has 0 radical (unpaired) electrons. The smallest absolute Gasteiger partial charge is 0.316 e. The molecular weight excluding hydrogens is 636 g/mol. The fourth-order valence-corrected chi connectivity index (χ4v) is 7.54. The number of rotatable bonds is 14. The highest BCUT2D eigenvalue weighted by atomic mass is 16.2. The third kappa shape index (κ3) is 9.63. The van der Waals surface area contributed by atoms with Gasteiger partial charge in [-0.25, -0.2) is 4.79 Å². The Labute approximate surface area is 297 Å². The highest BCUT2D eigenvalue weighted by Crippen LogP contribution is 2.36. The molecule has 3 fully saturated rings. The van der Waals surface area contributed by atoms with Crippen LogP contribution in [0.25, 0.3) is 0 Å². The van der Waals surface area contributed by atoms with Crippen LogP contribution in [0.4, 0.5) is 10.5 Å². The first-order chi connectivity index (χ1) is 23.5. The van der Waals surface area contributed by atoms with Gasteiger partial charge in [0.25, 0.3) is 5.91 Å². The molecule has 1 aromatic carbocycles. The first kappa shape index (κ1) is 38.8. The zero-order valence-electron chi connectivity index (χ0n) is 30.9. The van der Waals surface area contributed by atoms with Crippen molar-refractivity contribution < 1.29 is 28.8 Å². The number of carbonyl (C=O) groups excluding carboxylic acids is 6. The Morgan fingerprint density at radius 1 is 0.880 bits per heavy atom. The molecule has 1 aliphatic heterocycles. The number of ketones is 2. The topological polar surface area (TPSA) is 171 Å². The molecule has 4 rings (SSSR count). The van der Waals surface area contributed by atoms with Crippen molar-refractivity contribution in [3.05, 3.63) is 29.8 Å². The Hall–Kier alpha value is -3.96. The highest BCUT2D eigenvalue weighted by molar-refractivity contribution is 6.37. The second-order valence-electron chi connectivity index (χ2n) is 16.2. The molecule has 0 spiro atoms. The van der Waals surface area contributed by atoms with Crippen molar-refractivity contribution in [1.29, 1.82) is 0 Å². The van der Waals surface area contributed by atoms with Gasteiger partial charge in [0.15, 0.2) is 5.78 Å². The number of benzene rings is 1. The van der Waals surface area contributed by atoms with Crippen LogP contribution in [0, 0.1) is 29.1 Å². The summed E-state index contributed by atoms with van der Waals surface area (Å²) >= 11 is 0. The molecular formula is C38H58N6O6. The number of anilines is 1. The molecule has 50 heavy (non-hydrogen) atoms. The van der Waals surface area contributed by atoms with Crippen molar-refractivity contribution in [2.45, 2.75) is 117 Å². The molecule has 5 atom stereocenters. The van der Waals surface area contributed by atoms with Gasteiger partial charge in [0.2, 0.25) is 17.6 Å². The summed E-state index contributed by atoms with van der Waals surface area (Å²) in [5, 5.41) is 8.64. The predicted molar refractivity (Wildman–Crippen MR) is 192 cm³/mol. The fraction of sp³-hybridized carbons (Fsp3) is 0.684. The van der Waals surface area contributed by atoms with Crippen LogP contribution in [-0.2, 0) is 19.2 Å². The summed E-state index contributed by atoms with van der Waals surface area (Å²) in [5.41, 5.74) is 6.04. The van der Waals surface area contributed by atoms with E-state index >= 15 is 0 Å². The van der Waals surface area contributed by atoms with E-state index in [9.17, 15) is 28.8 Å². The lowest BCUT2D eigenvalue weighted by molar-refractivity contribution is -0.144. The van der Waals surface area contributed by atoms with E-state index in [0.717, 1.165) is 50.6 Å². The quantitative estimate of drug-likeness (QED) is 0.169. The van der Waals surface area contributed by atoms with Crippen LogP contribution in [0.15, 0.2) is 24.3 Å². The van der Waals surface area contributed by atoms with Crippen molar-refractivity contribution in [3.63, 3.8) is 0 Å². The second kappa shape index (κ2) is 16.4. The van der Waals surface area contributed by atoms with Crippen LogP contribution in [0.1, 0.15) is 103 Å². The lowest BCUT2D eigenvalue weighted by Gasteiger charge is -2.37. The molecule has 1 saturated heterocycles. The van der Waals surface area contributed by atoms with Gasteiger partial charge in [-0.05, 0) is 79.0 Å². The van der Waals surface area contributed by atoms with Crippen LogP contribution in [-0.4, -0.2) is 85.0 Å². The van der Waals surface area contributed by atoms with E-state index < -0.39 is 59.1 Å². The van der Waals surface area contributed by atoms with Gasteiger partial charge in [-0.3, -0.25) is 24.0 Å². The Morgan fingerprint density at radius 2 is 1.50 bits per heavy atom. The molecule has 0 bridgehead atoms. The first-order valence-corrected chi connectivity index (χ1v) is 18.3. The molecule has 2 aliphatic carbocycles. The fourth-order valence-electron chi connectivity index (χ4n) is 7.54. The van der Waals surface area contributed by atoms with Crippen LogP contribution in [0.3, 0.4) is 0 Å². The standard InChI is InChI=1S/C38H58N6O6/c1-22(2)27-19-20-44(30(27)35(48)40-28(21-23-13-14-23)32(46)34(39)47)36(49)33(38(3,4)5)42-37(50)41-29(24-11-9-8-10-12-24)31(45)25-15-17-26(18-16-25)43(6)7/h15-18,22-24,27-30,33H,8-14,19-21H2,1-7H3,(H2,39,47)(H,40,48)(H2,41,42,50)/t27-,28?,29+,30+,33-/m1/s1. The second-order valence-corrected chi connectivity index (χ2v) is 16.2. The summed E-state index contributed by atoms with van der Waals surface area (Å²) in [6.45, 7) is 9.78. The van der Waals surface area contributed by atoms with Crippen molar-refractivity contribution in [3.8, 4) is 0 Å². The third-order valence-corrected chi connectivity index (χ3v) is 10.7. The lowest BCUT2D eigenvalue weighted by atomic mass is 9.81. The molecule has 1 unspecified atom stereocenters. The van der Waals surface area contributed by atoms with E-state index in [0.29, 0.717) is 24.9 Å². The number of nitrogens with two attached hydrogens (primary N) is 1. The predicted octanol–water partition coefficient (Wildman–Crippen LogP) is 3.81. The zero-order valence-corrected chi connectivity index (χ0v) is 30.9. The molecule has 5 N–H and O–H groups in total. The third-order valence-electron chi connectivity index (χ3n) is 10.7. The number of nitrogens with zero attached hydrogens (tertiary/aromatic N) is 2. The molecule has 12 heteroatoms. The van der Waals surface area contributed by atoms with Gasteiger partial charge in [0.1, 0.15) is 12.1 Å². The van der Waals surface area contributed by atoms with E-state index in [-0.39, 0.29) is 29.5 Å². The highest BCUT2D eigenvalue weighted by Gasteiger charge is 2.48. The number of likely N-dealkylation sites (tertiary alicyclic amines) is 1. The normalized spacial score (nSPS) is 21.6. The van der Waals surface area contributed by atoms with E-state index in [4.69, 9.17) is 5.73 Å². The van der Waals surface area contributed by atoms with E-state index in [1.807, 2.05) is 65.7 Å². The van der Waals surface area contributed by atoms with E-state index in [2.05, 4.69) is 16.0 Å². The van der Waals surface area contributed by atoms with Crippen molar-refractivity contribution in [2.75, 3.05) is 25.5 Å². The van der Waals surface area contributed by atoms with Gasteiger partial charge in [-0.2, -0.15) is 0 Å². The molecule has 0 aromatic heterocycles. The van der Waals surface area contributed by atoms with Gasteiger partial charge in [-0.1, -0.05) is 66.7 Å². The lowest BCUT2D eigenvalue weighted by Crippen LogP contribution is -2.62. The number of urea groups is 1. The summed E-state index contributed by atoms with van der Waals surface area (Å²) in [4.78, 5) is 84.1. The van der Waals surface area contributed by atoms with Crippen LogP contribution >= 0.6 is 0 Å². The molecule has 1 aromatic rings. The van der Waals surface area contributed by atoms with Crippen molar-refractivity contribution >= 4 is 41.0 Å². The number of nitrogens with one attached hydrogen (secondary N) is 3. The Kier molecular flexibility index (Phi) is 12.7. The first-order valence-electron chi connectivity index (χ1n) is 18.3. The minimum Gasteiger partial charge on any atom is -0.378 e. The minimum absolute atomic E-state index is 0.0375. The largest absolute Gasteiger partial charge is 0.378 e. The molecule has 1 heterocycles. The summed E-state index contributed by atoms with van der Waals surface area (Å²) in [7, 11) is 3.86. The molecule has 12 nitrogen and oxygen atoms in total. The van der Waals surface area contributed by atoms with Crippen LogP contribution < -0.4 is 26.6 Å². The summed E-state index contributed by atoms with van der Waals surface area (Å²) < 4.78 is 0. The monoisotopic (exact) mass is 694 g/mol. The van der Waals surface area contributed by atoms with Crippen molar-refractivity contribution in [2.24, 2.45) is 34.8 Å². The van der Waals surface area contributed by atoms with Gasteiger partial charge >= 0.3 is 6.03 Å². The maximum Gasteiger partial charge on any atom is 0.316 e. The SMILES string of the molecule is CC(C)[C@H]1CCN(C(=O)[C@@H](NC(=O)N[C@H](C(=O)c2ccc(N(C)C)cc2)C2CCCCC2)C(C)(C)C)[C@@H]1C(=O)NC(CC1CC1)C(=O)C(N)=O. The maximum atomic E-state index is 14.4. The van der Waals surface area contributed by atoms with Gasteiger partial charge in [-0.15, -0.1) is 0 Å². The number of carbonyl (C=O) groups is 6. The average molecular weight is 695 g/mol. The van der Waals surface area contributed by atoms with Gasteiger partial charge in [0, 0.05) is 31.9 Å². The number of amides is 5. The number of primary amides is 1.